The summed E-state index contributed by atoms with van der Waals surface area (Å²) in [5, 5.41) is 4.07. The average Bonchev–Trinajstić information content (AvgIpc) is 3.18. The van der Waals surface area contributed by atoms with Crippen LogP contribution in [0.25, 0.3) is 11.0 Å². The minimum absolute atomic E-state index is 0.323. The van der Waals surface area contributed by atoms with Crippen molar-refractivity contribution in [2.45, 2.75) is 13.5 Å². The lowest BCUT2D eigenvalue weighted by molar-refractivity contribution is 0.0955. The number of nitrogens with one attached hydrogen (secondary N) is 3. The highest BCUT2D eigenvalue weighted by Gasteiger charge is 2.08. The molecule has 3 aromatic carbocycles. The molecule has 0 bridgehead atoms. The van der Waals surface area contributed by atoms with Gasteiger partial charge in [0.05, 0.1) is 23.9 Å². The fourth-order valence-electron chi connectivity index (χ4n) is 3.13. The largest absolute Gasteiger partial charge is 0.490 e. The fraction of sp³-hybridized carbons (Fsp3) is 0.125. The topological polar surface area (TPSA) is 91.5 Å². The Morgan fingerprint density at radius 2 is 1.81 bits per heavy atom. The number of H-pyrrole nitrogens is 2. The number of imidazole rings is 1. The van der Waals surface area contributed by atoms with Crippen LogP contribution in [0.5, 0.6) is 11.5 Å². The molecule has 4 aromatic rings. The number of hydrazone groups is 1. The number of carbonyl (C=O) groups is 1. The number of amides is 1. The zero-order valence-corrected chi connectivity index (χ0v) is 18.2. The minimum Gasteiger partial charge on any atom is -0.490 e. The Kier molecular flexibility index (Phi) is 6.62. The Labute approximate surface area is 190 Å². The van der Waals surface area contributed by atoms with Gasteiger partial charge in [0, 0.05) is 5.56 Å². The number of aromatic amines is 2. The maximum Gasteiger partial charge on any atom is 0.271 e. The molecule has 0 unspecified atom stereocenters. The summed E-state index contributed by atoms with van der Waals surface area (Å²) in [6.45, 7) is 2.86. The predicted molar refractivity (Wildman–Crippen MR) is 127 cm³/mol. The van der Waals surface area contributed by atoms with Crippen LogP contribution in [-0.2, 0) is 6.61 Å². The Morgan fingerprint density at radius 3 is 2.62 bits per heavy atom. The van der Waals surface area contributed by atoms with Crippen molar-refractivity contribution in [3.8, 4) is 11.5 Å². The predicted octanol–water partition coefficient (Wildman–Crippen LogP) is 4.97. The summed E-state index contributed by atoms with van der Waals surface area (Å²) in [5.74, 6) is 0.942. The summed E-state index contributed by atoms with van der Waals surface area (Å²) < 4.78 is 12.1. The van der Waals surface area contributed by atoms with E-state index in [1.54, 1.807) is 24.4 Å². The molecule has 0 spiro atoms. The molecule has 7 nitrogen and oxygen atoms in total. The van der Waals surface area contributed by atoms with Crippen LogP contribution in [0.3, 0.4) is 0 Å². The van der Waals surface area contributed by atoms with Crippen molar-refractivity contribution in [3.05, 3.63) is 88.2 Å². The average molecular weight is 447 g/mol. The van der Waals surface area contributed by atoms with Gasteiger partial charge < -0.3 is 19.4 Å². The number of fused-ring (bicyclic) bond motifs is 1. The molecule has 0 aliphatic carbocycles. The van der Waals surface area contributed by atoms with Gasteiger partial charge in [-0.1, -0.05) is 30.3 Å². The maximum atomic E-state index is 12.4. The molecule has 0 atom stereocenters. The summed E-state index contributed by atoms with van der Waals surface area (Å²) in [6, 6.07) is 20.7. The van der Waals surface area contributed by atoms with E-state index < -0.39 is 0 Å². The third kappa shape index (κ3) is 5.22. The quantitative estimate of drug-likeness (QED) is 0.203. The van der Waals surface area contributed by atoms with Crippen molar-refractivity contribution in [2.75, 3.05) is 6.61 Å². The van der Waals surface area contributed by atoms with Gasteiger partial charge in [-0.05, 0) is 66.7 Å². The van der Waals surface area contributed by atoms with Crippen LogP contribution < -0.4 is 14.9 Å². The van der Waals surface area contributed by atoms with Gasteiger partial charge >= 0.3 is 0 Å². The first-order chi connectivity index (χ1) is 15.6. The molecule has 3 N–H and O–H groups in total. The van der Waals surface area contributed by atoms with Crippen LogP contribution in [0.1, 0.15) is 28.4 Å². The van der Waals surface area contributed by atoms with E-state index in [1.165, 1.54) is 0 Å². The lowest BCUT2D eigenvalue weighted by Crippen LogP contribution is -2.17. The number of rotatable bonds is 8. The second-order valence-corrected chi connectivity index (χ2v) is 7.36. The third-order valence-electron chi connectivity index (χ3n) is 4.66. The van der Waals surface area contributed by atoms with E-state index in [0.29, 0.717) is 35.0 Å². The Balaban J connectivity index is 1.42. The molecule has 0 fully saturated rings. The van der Waals surface area contributed by atoms with Gasteiger partial charge in [0.15, 0.2) is 16.3 Å². The van der Waals surface area contributed by atoms with Crippen molar-refractivity contribution in [3.63, 3.8) is 0 Å². The highest BCUT2D eigenvalue weighted by molar-refractivity contribution is 7.71. The normalized spacial score (nSPS) is 11.0. The van der Waals surface area contributed by atoms with Crippen LogP contribution in [0.4, 0.5) is 0 Å². The third-order valence-corrected chi connectivity index (χ3v) is 4.87. The number of aromatic nitrogens is 2. The second-order valence-electron chi connectivity index (χ2n) is 6.95. The van der Waals surface area contributed by atoms with Gasteiger partial charge in [0.1, 0.15) is 6.61 Å². The smallest absolute Gasteiger partial charge is 0.271 e. The number of carbonyl (C=O) groups excluding carboxylic acids is 1. The molecule has 1 amide bonds. The van der Waals surface area contributed by atoms with Crippen molar-refractivity contribution in [2.24, 2.45) is 5.10 Å². The number of hydrogen-bond donors (Lipinski definition) is 3. The first-order valence-corrected chi connectivity index (χ1v) is 10.5. The van der Waals surface area contributed by atoms with E-state index in [0.717, 1.165) is 22.2 Å². The highest BCUT2D eigenvalue weighted by Crippen LogP contribution is 2.29. The lowest BCUT2D eigenvalue weighted by Gasteiger charge is -2.12. The first-order valence-electron chi connectivity index (χ1n) is 10.1. The van der Waals surface area contributed by atoms with Crippen molar-refractivity contribution in [1.29, 1.82) is 0 Å². The van der Waals surface area contributed by atoms with Crippen molar-refractivity contribution in [1.82, 2.24) is 15.4 Å². The standard InChI is InChI=1S/C24H22N4O3S/c1-2-30-22-12-17(8-11-21(22)31-15-16-6-4-3-5-7-16)14-25-28-23(29)18-9-10-19-20(13-18)27-24(32)26-19/h3-14H,2,15H2,1H3,(H,28,29)(H2,26,27,32)/b25-14-. The van der Waals surface area contributed by atoms with Crippen LogP contribution in [0, 0.1) is 4.77 Å². The molecule has 32 heavy (non-hydrogen) atoms. The summed E-state index contributed by atoms with van der Waals surface area (Å²) in [5.41, 5.74) is 6.46. The van der Waals surface area contributed by atoms with E-state index in [-0.39, 0.29) is 5.91 Å². The monoisotopic (exact) mass is 446 g/mol. The van der Waals surface area contributed by atoms with Gasteiger partial charge in [0.2, 0.25) is 0 Å². The second kappa shape index (κ2) is 9.93. The van der Waals surface area contributed by atoms with E-state index >= 15 is 0 Å². The van der Waals surface area contributed by atoms with Gasteiger partial charge in [-0.3, -0.25) is 4.79 Å². The number of nitrogens with zero attached hydrogens (tertiary/aromatic N) is 1. The Hall–Kier alpha value is -3.91. The summed E-state index contributed by atoms with van der Waals surface area (Å²) in [4.78, 5) is 18.4. The van der Waals surface area contributed by atoms with Gasteiger partial charge in [-0.2, -0.15) is 5.10 Å². The molecule has 4 rings (SSSR count). The molecular formula is C24H22N4O3S. The SMILES string of the molecule is CCOc1cc(/C=N\NC(=O)c2ccc3[nH]c(=S)[nH]c3c2)ccc1OCc1ccccc1. The van der Waals surface area contributed by atoms with Gasteiger partial charge in [-0.15, -0.1) is 0 Å². The first kappa shape index (κ1) is 21.3. The molecule has 0 aliphatic heterocycles. The maximum absolute atomic E-state index is 12.4. The minimum atomic E-state index is -0.323. The molecule has 0 saturated carbocycles. The summed E-state index contributed by atoms with van der Waals surface area (Å²) >= 11 is 5.07. The van der Waals surface area contributed by atoms with Gasteiger partial charge in [-0.25, -0.2) is 5.43 Å². The summed E-state index contributed by atoms with van der Waals surface area (Å²) in [6.07, 6.45) is 1.56. The van der Waals surface area contributed by atoms with Crippen LogP contribution >= 0.6 is 12.2 Å². The molecule has 0 radical (unpaired) electrons. The zero-order chi connectivity index (χ0) is 22.3. The Bertz CT molecular complexity index is 1310. The van der Waals surface area contributed by atoms with Crippen LogP contribution in [-0.4, -0.2) is 28.7 Å². The summed E-state index contributed by atoms with van der Waals surface area (Å²) in [7, 11) is 0. The molecule has 0 aliphatic rings. The van der Waals surface area contributed by atoms with Crippen LogP contribution in [0.2, 0.25) is 0 Å². The van der Waals surface area contributed by atoms with Crippen LogP contribution in [0.15, 0.2) is 71.8 Å². The fourth-order valence-corrected chi connectivity index (χ4v) is 3.35. The van der Waals surface area contributed by atoms with E-state index in [9.17, 15) is 4.79 Å². The Morgan fingerprint density at radius 1 is 1.00 bits per heavy atom. The molecular weight excluding hydrogens is 424 g/mol. The van der Waals surface area contributed by atoms with E-state index in [4.69, 9.17) is 21.7 Å². The molecule has 162 valence electrons. The van der Waals surface area contributed by atoms with E-state index in [2.05, 4.69) is 20.5 Å². The molecule has 1 heterocycles. The molecule has 8 heteroatoms. The van der Waals surface area contributed by atoms with Crippen molar-refractivity contribution >= 4 is 35.4 Å². The number of ether oxygens (including phenoxy) is 2. The zero-order valence-electron chi connectivity index (χ0n) is 17.4. The number of benzene rings is 3. The van der Waals surface area contributed by atoms with E-state index in [1.807, 2.05) is 55.5 Å². The molecule has 1 aromatic heterocycles. The lowest BCUT2D eigenvalue weighted by atomic mass is 10.2. The van der Waals surface area contributed by atoms with Gasteiger partial charge in [0.25, 0.3) is 5.91 Å². The molecule has 0 saturated heterocycles. The number of hydrogen-bond acceptors (Lipinski definition) is 5. The highest BCUT2D eigenvalue weighted by atomic mass is 32.1. The van der Waals surface area contributed by atoms with Crippen molar-refractivity contribution < 1.29 is 14.3 Å².